The Morgan fingerprint density at radius 2 is 1.92 bits per heavy atom. The molecular formula is C17H16N6O3. The number of amides is 2. The maximum absolute atomic E-state index is 11.6. The first-order valence-electron chi connectivity index (χ1n) is 7.84. The van der Waals surface area contributed by atoms with Gasteiger partial charge in [0.2, 0.25) is 0 Å². The first-order chi connectivity index (χ1) is 12.5. The fourth-order valence-corrected chi connectivity index (χ4v) is 2.23. The predicted molar refractivity (Wildman–Crippen MR) is 96.7 cm³/mol. The summed E-state index contributed by atoms with van der Waals surface area (Å²) >= 11 is 0. The Morgan fingerprint density at radius 3 is 2.69 bits per heavy atom. The number of fused-ring (bicyclic) bond motifs is 1. The number of carbonyl (C=O) groups excluding carboxylic acids is 1. The number of anilines is 3. The summed E-state index contributed by atoms with van der Waals surface area (Å²) in [7, 11) is 0. The number of aromatic carboxylic acids is 1. The number of nitrogens with zero attached hydrogens (tertiary/aromatic N) is 3. The highest BCUT2D eigenvalue weighted by Gasteiger charge is 2.07. The monoisotopic (exact) mass is 352 g/mol. The van der Waals surface area contributed by atoms with Crippen molar-refractivity contribution in [3.8, 4) is 0 Å². The minimum Gasteiger partial charge on any atom is -0.478 e. The summed E-state index contributed by atoms with van der Waals surface area (Å²) in [4.78, 5) is 35.5. The van der Waals surface area contributed by atoms with Crippen LogP contribution in [0.2, 0.25) is 0 Å². The standard InChI is InChI=1S/C17H16N6O3/c1-2-18-17(26)23-13-7-6-12-15(21-13)22-14(9-19-12)20-11-5-3-4-10(8-11)16(24)25/h3-9H,2H2,1H3,(H,24,25)(H3,18,20,21,22,23,26). The zero-order valence-electron chi connectivity index (χ0n) is 13.9. The maximum Gasteiger partial charge on any atom is 0.335 e. The average molecular weight is 352 g/mol. The smallest absolute Gasteiger partial charge is 0.335 e. The number of hydrogen-bond acceptors (Lipinski definition) is 6. The second-order valence-corrected chi connectivity index (χ2v) is 5.29. The Balaban J connectivity index is 1.84. The quantitative estimate of drug-likeness (QED) is 0.555. The second-order valence-electron chi connectivity index (χ2n) is 5.29. The molecule has 0 saturated heterocycles. The zero-order valence-corrected chi connectivity index (χ0v) is 13.9. The molecule has 0 saturated carbocycles. The number of nitrogens with one attached hydrogen (secondary N) is 3. The molecule has 0 fully saturated rings. The van der Waals surface area contributed by atoms with Gasteiger partial charge >= 0.3 is 12.0 Å². The Kier molecular flexibility index (Phi) is 4.88. The van der Waals surface area contributed by atoms with Crippen LogP contribution in [0.4, 0.5) is 22.1 Å². The SMILES string of the molecule is CCNC(=O)Nc1ccc2ncc(Nc3cccc(C(=O)O)c3)nc2n1. The fraction of sp³-hybridized carbons (Fsp3) is 0.118. The van der Waals surface area contributed by atoms with Gasteiger partial charge in [0.25, 0.3) is 0 Å². The largest absolute Gasteiger partial charge is 0.478 e. The van der Waals surface area contributed by atoms with E-state index in [0.717, 1.165) is 0 Å². The van der Waals surface area contributed by atoms with Crippen molar-refractivity contribution in [1.82, 2.24) is 20.3 Å². The van der Waals surface area contributed by atoms with Crippen molar-refractivity contribution >= 4 is 40.5 Å². The first-order valence-corrected chi connectivity index (χ1v) is 7.84. The highest BCUT2D eigenvalue weighted by molar-refractivity contribution is 5.90. The van der Waals surface area contributed by atoms with E-state index in [-0.39, 0.29) is 11.6 Å². The van der Waals surface area contributed by atoms with Crippen LogP contribution in [0.15, 0.2) is 42.6 Å². The average Bonchev–Trinajstić information content (AvgIpc) is 2.62. The van der Waals surface area contributed by atoms with Gasteiger partial charge in [-0.1, -0.05) is 6.07 Å². The number of carbonyl (C=O) groups is 2. The van der Waals surface area contributed by atoms with E-state index in [1.807, 2.05) is 6.92 Å². The third kappa shape index (κ3) is 4.01. The van der Waals surface area contributed by atoms with Crippen LogP contribution in [0.3, 0.4) is 0 Å². The molecule has 0 spiro atoms. The van der Waals surface area contributed by atoms with Gasteiger partial charge in [0.05, 0.1) is 11.8 Å². The van der Waals surface area contributed by atoms with Crippen LogP contribution in [0, 0.1) is 0 Å². The molecule has 2 heterocycles. The third-order valence-corrected chi connectivity index (χ3v) is 3.37. The lowest BCUT2D eigenvalue weighted by Crippen LogP contribution is -2.28. The van der Waals surface area contributed by atoms with E-state index >= 15 is 0 Å². The summed E-state index contributed by atoms with van der Waals surface area (Å²) in [5.74, 6) is -0.258. The van der Waals surface area contributed by atoms with Gasteiger partial charge in [-0.3, -0.25) is 5.32 Å². The number of carboxylic acids is 1. The molecule has 0 aliphatic carbocycles. The molecule has 3 rings (SSSR count). The highest BCUT2D eigenvalue weighted by Crippen LogP contribution is 2.18. The number of benzene rings is 1. The number of carboxylic acid groups (broad SMARTS) is 1. The van der Waals surface area contributed by atoms with Crippen LogP contribution in [-0.2, 0) is 0 Å². The number of urea groups is 1. The van der Waals surface area contributed by atoms with Gasteiger partial charge in [0, 0.05) is 12.2 Å². The molecule has 0 bridgehead atoms. The molecule has 0 atom stereocenters. The van der Waals surface area contributed by atoms with Gasteiger partial charge in [-0.2, -0.15) is 0 Å². The first kappa shape index (κ1) is 17.1. The van der Waals surface area contributed by atoms with Gasteiger partial charge in [-0.15, -0.1) is 0 Å². The van der Waals surface area contributed by atoms with Crippen LogP contribution in [0.25, 0.3) is 11.2 Å². The normalized spacial score (nSPS) is 10.3. The van der Waals surface area contributed by atoms with E-state index in [0.29, 0.717) is 35.0 Å². The van der Waals surface area contributed by atoms with Gasteiger partial charge in [-0.05, 0) is 37.3 Å². The molecule has 0 aliphatic rings. The number of hydrogen-bond donors (Lipinski definition) is 4. The Hall–Kier alpha value is -3.75. The molecule has 132 valence electrons. The Labute approximate surface area is 148 Å². The van der Waals surface area contributed by atoms with E-state index in [9.17, 15) is 9.59 Å². The van der Waals surface area contributed by atoms with Crippen LogP contribution in [0.5, 0.6) is 0 Å². The van der Waals surface area contributed by atoms with E-state index in [4.69, 9.17) is 5.11 Å². The molecule has 1 aromatic carbocycles. The fourth-order valence-electron chi connectivity index (χ4n) is 2.23. The molecule has 0 radical (unpaired) electrons. The molecule has 9 heteroatoms. The molecule has 4 N–H and O–H groups in total. The van der Waals surface area contributed by atoms with Gasteiger partial charge in [-0.25, -0.2) is 24.5 Å². The van der Waals surface area contributed by atoms with Crippen LogP contribution < -0.4 is 16.0 Å². The van der Waals surface area contributed by atoms with Gasteiger partial charge in [0.1, 0.15) is 11.3 Å². The summed E-state index contributed by atoms with van der Waals surface area (Å²) in [6.07, 6.45) is 1.52. The van der Waals surface area contributed by atoms with Crippen molar-refractivity contribution in [3.63, 3.8) is 0 Å². The minimum absolute atomic E-state index is 0.162. The van der Waals surface area contributed by atoms with Crippen molar-refractivity contribution in [1.29, 1.82) is 0 Å². The Morgan fingerprint density at radius 1 is 1.12 bits per heavy atom. The van der Waals surface area contributed by atoms with Gasteiger partial charge < -0.3 is 15.7 Å². The summed E-state index contributed by atoms with van der Waals surface area (Å²) in [5, 5.41) is 17.3. The van der Waals surface area contributed by atoms with E-state index in [2.05, 4.69) is 30.9 Å². The number of aromatic nitrogens is 3. The molecule has 0 aliphatic heterocycles. The van der Waals surface area contributed by atoms with Gasteiger partial charge in [0.15, 0.2) is 11.5 Å². The highest BCUT2D eigenvalue weighted by atomic mass is 16.4. The van der Waals surface area contributed by atoms with Crippen LogP contribution >= 0.6 is 0 Å². The minimum atomic E-state index is -1.01. The molecule has 2 amide bonds. The molecule has 9 nitrogen and oxygen atoms in total. The molecule has 0 unspecified atom stereocenters. The summed E-state index contributed by atoms with van der Waals surface area (Å²) in [6, 6.07) is 9.33. The summed E-state index contributed by atoms with van der Waals surface area (Å²) in [6.45, 7) is 2.32. The van der Waals surface area contributed by atoms with E-state index in [1.165, 1.54) is 18.3 Å². The molecular weight excluding hydrogens is 336 g/mol. The molecule has 3 aromatic rings. The topological polar surface area (TPSA) is 129 Å². The van der Waals surface area contributed by atoms with Crippen molar-refractivity contribution in [3.05, 3.63) is 48.2 Å². The van der Waals surface area contributed by atoms with Crippen LogP contribution in [0.1, 0.15) is 17.3 Å². The van der Waals surface area contributed by atoms with Crippen molar-refractivity contribution in [2.24, 2.45) is 0 Å². The van der Waals surface area contributed by atoms with E-state index in [1.54, 1.807) is 24.3 Å². The van der Waals surface area contributed by atoms with E-state index < -0.39 is 5.97 Å². The number of rotatable bonds is 5. The Bertz CT molecular complexity index is 976. The summed E-state index contributed by atoms with van der Waals surface area (Å²) < 4.78 is 0. The summed E-state index contributed by atoms with van der Waals surface area (Å²) in [5.41, 5.74) is 1.64. The van der Waals surface area contributed by atoms with Crippen molar-refractivity contribution in [2.45, 2.75) is 6.92 Å². The zero-order chi connectivity index (χ0) is 18.5. The lowest BCUT2D eigenvalue weighted by molar-refractivity contribution is 0.0697. The molecule has 2 aromatic heterocycles. The maximum atomic E-state index is 11.6. The predicted octanol–water partition coefficient (Wildman–Crippen LogP) is 2.61. The van der Waals surface area contributed by atoms with Crippen molar-refractivity contribution < 1.29 is 14.7 Å². The second kappa shape index (κ2) is 7.43. The third-order valence-electron chi connectivity index (χ3n) is 3.37. The number of pyridine rings is 1. The molecule has 26 heavy (non-hydrogen) atoms. The van der Waals surface area contributed by atoms with Crippen molar-refractivity contribution in [2.75, 3.05) is 17.2 Å². The lowest BCUT2D eigenvalue weighted by atomic mass is 10.2. The lowest BCUT2D eigenvalue weighted by Gasteiger charge is -2.08. The van der Waals surface area contributed by atoms with Crippen LogP contribution in [-0.4, -0.2) is 38.6 Å².